The van der Waals surface area contributed by atoms with Crippen LogP contribution < -0.4 is 10.6 Å². The maximum Gasteiger partial charge on any atom is 0.231 e. The first-order valence-electron chi connectivity index (χ1n) is 9.99. The van der Waals surface area contributed by atoms with Crippen LogP contribution in [0.5, 0.6) is 0 Å². The van der Waals surface area contributed by atoms with E-state index in [9.17, 15) is 0 Å². The van der Waals surface area contributed by atoms with Crippen molar-refractivity contribution < 1.29 is 0 Å². The molecule has 0 amide bonds. The van der Waals surface area contributed by atoms with E-state index >= 15 is 0 Å². The molecule has 10 heteroatoms. The van der Waals surface area contributed by atoms with E-state index in [1.165, 1.54) is 24.2 Å². The molecule has 0 spiro atoms. The van der Waals surface area contributed by atoms with Crippen molar-refractivity contribution >= 4 is 39.3 Å². The van der Waals surface area contributed by atoms with Crippen molar-refractivity contribution in [3.05, 3.63) is 17.3 Å². The van der Waals surface area contributed by atoms with Gasteiger partial charge in [-0.3, -0.25) is 10.00 Å². The topological polar surface area (TPSA) is 118 Å². The van der Waals surface area contributed by atoms with Crippen molar-refractivity contribution in [2.75, 3.05) is 17.2 Å². The monoisotopic (exact) mass is 409 g/mol. The summed E-state index contributed by atoms with van der Waals surface area (Å²) in [6, 6.07) is 5.66. The highest BCUT2D eigenvalue weighted by molar-refractivity contribution is 7.16. The van der Waals surface area contributed by atoms with E-state index in [0.29, 0.717) is 36.3 Å². The number of piperidine rings is 1. The summed E-state index contributed by atoms with van der Waals surface area (Å²) in [7, 11) is 0. The number of nitrogens with zero attached hydrogens (tertiary/aromatic N) is 6. The average Bonchev–Trinajstić information content (AvgIpc) is 3.39. The van der Waals surface area contributed by atoms with Crippen LogP contribution in [-0.4, -0.2) is 54.7 Å². The number of aromatic amines is 1. The van der Waals surface area contributed by atoms with E-state index in [0.717, 1.165) is 41.2 Å². The fourth-order valence-corrected chi connectivity index (χ4v) is 5.30. The smallest absolute Gasteiger partial charge is 0.231 e. The lowest BCUT2D eigenvalue weighted by molar-refractivity contribution is 0.136. The van der Waals surface area contributed by atoms with Crippen LogP contribution in [-0.2, 0) is 0 Å². The third-order valence-corrected chi connectivity index (χ3v) is 6.57. The van der Waals surface area contributed by atoms with Crippen LogP contribution in [0.2, 0.25) is 0 Å². The third kappa shape index (κ3) is 3.63. The van der Waals surface area contributed by atoms with E-state index in [-0.39, 0.29) is 0 Å². The number of aryl methyl sites for hydroxylation is 1. The standard InChI is InChI=1S/C19H23N9S/c1-11-7-15(27-26-11)23-19-24-17(16-18(25-19)29-10-21-16)22-12-8-13-3-4-14(9-12)28(13)6-2-5-20/h7,10,12-14H,2-4,6,8-9H2,1H3,(H3,22,23,24,25,26,27)/t12-,13-,14?/m0/s1. The van der Waals surface area contributed by atoms with Crippen molar-refractivity contribution in [3.63, 3.8) is 0 Å². The largest absolute Gasteiger partial charge is 0.365 e. The normalized spacial score (nSPS) is 23.9. The van der Waals surface area contributed by atoms with Crippen LogP contribution in [0.1, 0.15) is 37.8 Å². The van der Waals surface area contributed by atoms with Crippen molar-refractivity contribution in [1.82, 2.24) is 30.0 Å². The van der Waals surface area contributed by atoms with Gasteiger partial charge >= 0.3 is 0 Å². The predicted molar refractivity (Wildman–Crippen MR) is 112 cm³/mol. The molecule has 3 N–H and O–H groups in total. The number of hydrogen-bond donors (Lipinski definition) is 3. The Morgan fingerprint density at radius 2 is 2.14 bits per heavy atom. The number of rotatable bonds is 6. The van der Waals surface area contributed by atoms with Gasteiger partial charge in [-0.2, -0.15) is 20.3 Å². The molecule has 0 aliphatic carbocycles. The van der Waals surface area contributed by atoms with Gasteiger partial charge in [0.15, 0.2) is 16.5 Å². The fraction of sp³-hybridized carbons (Fsp3) is 0.526. The van der Waals surface area contributed by atoms with Gasteiger partial charge in [-0.15, -0.1) is 11.3 Å². The lowest BCUT2D eigenvalue weighted by atomic mass is 9.97. The number of aromatic nitrogens is 5. The van der Waals surface area contributed by atoms with Gasteiger partial charge in [0.1, 0.15) is 5.52 Å². The SMILES string of the molecule is Cc1cc(Nc2nc(N[C@@H]3CC4CC[C@@H](C3)N4CCC#N)c3ncsc3n2)n[nH]1. The van der Waals surface area contributed by atoms with E-state index < -0.39 is 0 Å². The van der Waals surface area contributed by atoms with Crippen LogP contribution in [0.15, 0.2) is 11.6 Å². The lowest BCUT2D eigenvalue weighted by Gasteiger charge is -2.39. The molecule has 29 heavy (non-hydrogen) atoms. The average molecular weight is 410 g/mol. The number of nitriles is 1. The molecule has 1 unspecified atom stereocenters. The number of anilines is 3. The third-order valence-electron chi connectivity index (χ3n) is 5.85. The van der Waals surface area contributed by atoms with E-state index in [1.54, 1.807) is 5.51 Å². The van der Waals surface area contributed by atoms with Gasteiger partial charge in [0.05, 0.1) is 11.6 Å². The van der Waals surface area contributed by atoms with Crippen LogP contribution in [0.3, 0.4) is 0 Å². The summed E-state index contributed by atoms with van der Waals surface area (Å²) >= 11 is 1.51. The van der Waals surface area contributed by atoms with Gasteiger partial charge < -0.3 is 10.6 Å². The van der Waals surface area contributed by atoms with Crippen LogP contribution >= 0.6 is 11.3 Å². The van der Waals surface area contributed by atoms with Crippen molar-refractivity contribution in [1.29, 1.82) is 5.26 Å². The van der Waals surface area contributed by atoms with E-state index in [1.807, 2.05) is 13.0 Å². The molecular formula is C19H23N9S. The molecule has 2 saturated heterocycles. The highest BCUT2D eigenvalue weighted by Crippen LogP contribution is 2.37. The van der Waals surface area contributed by atoms with Crippen LogP contribution in [0.25, 0.3) is 10.3 Å². The summed E-state index contributed by atoms with van der Waals surface area (Å²) in [6.07, 6.45) is 5.18. The molecule has 0 radical (unpaired) electrons. The summed E-state index contributed by atoms with van der Waals surface area (Å²) in [4.78, 5) is 17.2. The first-order chi connectivity index (χ1) is 14.2. The molecule has 150 valence electrons. The first-order valence-corrected chi connectivity index (χ1v) is 10.9. The molecule has 2 bridgehead atoms. The molecule has 0 aromatic carbocycles. The Balaban J connectivity index is 1.35. The Labute approximate surface area is 172 Å². The highest BCUT2D eigenvalue weighted by Gasteiger charge is 2.40. The molecule has 5 heterocycles. The maximum atomic E-state index is 8.93. The van der Waals surface area contributed by atoms with Gasteiger partial charge in [-0.1, -0.05) is 0 Å². The molecule has 0 saturated carbocycles. The quantitative estimate of drug-likeness (QED) is 0.568. The summed E-state index contributed by atoms with van der Waals surface area (Å²) in [5, 5.41) is 22.9. The molecule has 3 aromatic heterocycles. The molecule has 3 aromatic rings. The summed E-state index contributed by atoms with van der Waals surface area (Å²) in [5.74, 6) is 1.99. The van der Waals surface area contributed by atoms with Crippen molar-refractivity contribution in [3.8, 4) is 6.07 Å². The van der Waals surface area contributed by atoms with Crippen LogP contribution in [0, 0.1) is 18.3 Å². The lowest BCUT2D eigenvalue weighted by Crippen LogP contribution is -2.47. The van der Waals surface area contributed by atoms with Gasteiger partial charge in [-0.25, -0.2) is 4.98 Å². The Morgan fingerprint density at radius 3 is 2.86 bits per heavy atom. The molecule has 9 nitrogen and oxygen atoms in total. The van der Waals surface area contributed by atoms with E-state index in [2.05, 4.69) is 41.8 Å². The number of fused-ring (bicyclic) bond motifs is 3. The first kappa shape index (κ1) is 18.3. The minimum Gasteiger partial charge on any atom is -0.365 e. The Hall–Kier alpha value is -2.77. The van der Waals surface area contributed by atoms with Gasteiger partial charge in [0.2, 0.25) is 5.95 Å². The minimum absolute atomic E-state index is 0.353. The van der Waals surface area contributed by atoms with Crippen molar-refractivity contribution in [2.45, 2.75) is 57.2 Å². The zero-order valence-corrected chi connectivity index (χ0v) is 17.0. The summed E-state index contributed by atoms with van der Waals surface area (Å²) < 4.78 is 0. The van der Waals surface area contributed by atoms with Gasteiger partial charge in [0, 0.05) is 42.9 Å². The summed E-state index contributed by atoms with van der Waals surface area (Å²) in [5.41, 5.74) is 3.60. The molecule has 2 fully saturated rings. The molecule has 2 aliphatic rings. The van der Waals surface area contributed by atoms with Gasteiger partial charge in [-0.05, 0) is 32.6 Å². The summed E-state index contributed by atoms with van der Waals surface area (Å²) in [6.45, 7) is 2.84. The molecule has 2 aliphatic heterocycles. The predicted octanol–water partition coefficient (Wildman–Crippen LogP) is 3.18. The number of nitrogens with one attached hydrogen (secondary N) is 3. The minimum atomic E-state index is 0.353. The fourth-order valence-electron chi connectivity index (χ4n) is 4.64. The van der Waals surface area contributed by atoms with Crippen molar-refractivity contribution in [2.24, 2.45) is 0 Å². The number of hydrogen-bond acceptors (Lipinski definition) is 9. The Morgan fingerprint density at radius 1 is 1.31 bits per heavy atom. The zero-order valence-electron chi connectivity index (χ0n) is 16.2. The Bertz CT molecular complexity index is 1040. The molecular weight excluding hydrogens is 386 g/mol. The molecule has 5 rings (SSSR count). The number of H-pyrrole nitrogens is 1. The second kappa shape index (κ2) is 7.57. The molecule has 3 atom stereocenters. The van der Waals surface area contributed by atoms with E-state index in [4.69, 9.17) is 10.2 Å². The highest BCUT2D eigenvalue weighted by atomic mass is 32.1. The maximum absolute atomic E-state index is 8.93. The zero-order chi connectivity index (χ0) is 19.8. The second-order valence-corrected chi connectivity index (χ2v) is 8.64. The number of thiazole rings is 1. The Kier molecular flexibility index (Phi) is 4.77. The van der Waals surface area contributed by atoms with Gasteiger partial charge in [0.25, 0.3) is 0 Å². The second-order valence-electron chi connectivity index (χ2n) is 7.81. The van der Waals surface area contributed by atoms with Crippen LogP contribution in [0.4, 0.5) is 17.6 Å².